The molecule has 394 valence electrons. The highest BCUT2D eigenvalue weighted by atomic mass is 16.6. The topological polar surface area (TPSA) is 241 Å². The molecule has 0 radical (unpaired) electrons. The van der Waals surface area contributed by atoms with Gasteiger partial charge in [0.25, 0.3) is 0 Å². The number of unbranched alkanes of at least 4 members (excludes halogenated alkanes) is 14. The van der Waals surface area contributed by atoms with E-state index < -0.39 is 39.9 Å². The Morgan fingerprint density at radius 1 is 0.595 bits per heavy atom. The quantitative estimate of drug-likeness (QED) is 0.00690. The van der Waals surface area contributed by atoms with Crippen molar-refractivity contribution in [2.24, 2.45) is 0 Å². The van der Waals surface area contributed by atoms with Crippen molar-refractivity contribution < 1.29 is 62.8 Å². The highest BCUT2D eigenvalue weighted by Gasteiger charge is 2.22. The monoisotopic (exact) mass is 1020 g/mol. The van der Waals surface area contributed by atoms with Crippen LogP contribution in [0.5, 0.6) is 17.2 Å². The first-order chi connectivity index (χ1) is 35.8. The van der Waals surface area contributed by atoms with Crippen molar-refractivity contribution in [3.05, 3.63) is 160 Å². The summed E-state index contributed by atoms with van der Waals surface area (Å²) in [6.45, 7) is 6.94. The van der Waals surface area contributed by atoms with E-state index in [2.05, 4.69) is 13.5 Å². The molecule has 0 aliphatic carbocycles. The second kappa shape index (κ2) is 32.9. The molecule has 0 aliphatic rings. The van der Waals surface area contributed by atoms with Crippen LogP contribution in [0.25, 0.3) is 11.1 Å². The molecule has 0 amide bonds. The Labute approximate surface area is 432 Å². The number of hydrogen-bond acceptors (Lipinski definition) is 13. The van der Waals surface area contributed by atoms with Gasteiger partial charge in [-0.2, -0.15) is 0 Å². The molecule has 0 unspecified atom stereocenters. The summed E-state index contributed by atoms with van der Waals surface area (Å²) >= 11 is 0. The van der Waals surface area contributed by atoms with Gasteiger partial charge in [0.15, 0.2) is 5.75 Å². The summed E-state index contributed by atoms with van der Waals surface area (Å²) < 4.78 is 27.0. The molecule has 5 aromatic rings. The average Bonchev–Trinajstić information content (AvgIpc) is 3.40. The van der Waals surface area contributed by atoms with Gasteiger partial charge in [-0.05, 0) is 85.0 Å². The van der Waals surface area contributed by atoms with Crippen molar-refractivity contribution >= 4 is 41.2 Å². The minimum absolute atomic E-state index is 0.104. The number of benzene rings is 5. The number of carboxylic acids is 2. The Morgan fingerprint density at radius 3 is 1.73 bits per heavy atom. The third-order valence-corrected chi connectivity index (χ3v) is 11.7. The number of carboxylic acid groups (broad SMARTS) is 2. The molecule has 0 atom stereocenters. The number of anilines is 1. The molecule has 5 rings (SSSR count). The summed E-state index contributed by atoms with van der Waals surface area (Å²) in [5.74, 6) is -3.49. The van der Waals surface area contributed by atoms with Gasteiger partial charge in [0, 0.05) is 29.5 Å². The zero-order valence-electron chi connectivity index (χ0n) is 42.1. The molecule has 0 fully saturated rings. The summed E-state index contributed by atoms with van der Waals surface area (Å²) in [4.78, 5) is 70.3. The van der Waals surface area contributed by atoms with Crippen molar-refractivity contribution in [3.8, 4) is 28.4 Å². The van der Waals surface area contributed by atoms with E-state index in [4.69, 9.17) is 29.4 Å². The Morgan fingerprint density at radius 2 is 1.16 bits per heavy atom. The summed E-state index contributed by atoms with van der Waals surface area (Å²) in [5.41, 5.74) is 6.91. The molecule has 0 saturated heterocycles. The van der Waals surface area contributed by atoms with Crippen LogP contribution in [0.3, 0.4) is 0 Å². The highest BCUT2D eigenvalue weighted by Crippen LogP contribution is 2.37. The SMILES string of the molecule is C=CC(=O)OCCCCCCCCCCCCOc1ccccc1.CCCCCCCCOc1cc(N)c(-c2ccc(C(=O)Oc3ccc(COC(=O)c4cc(C(=O)O)ccc4C(=O)O)cc3)cc2)cc1[N+](=O)[O-]. The standard InChI is InChI=1S/C37H36N2O11.C21H32O3/c1-2-3-4-5-6-7-18-48-33-21-31(38)29(20-32(33)39(46)47)24-10-12-25(13-11-24)36(44)50-27-15-8-23(9-16-27)22-49-37(45)30-19-26(34(40)41)14-17-28(30)35(42)43;1-2-21(22)24-19-15-10-8-6-4-3-5-7-9-14-18-23-20-16-12-11-13-17-20/h8-17,19-21H,2-7,18,22,38H2,1H3,(H,40,41)(H,42,43);2,11-13,16-17H,1,3-10,14-15,18-19H2. The lowest BCUT2D eigenvalue weighted by molar-refractivity contribution is -0.385. The van der Waals surface area contributed by atoms with Gasteiger partial charge in [-0.15, -0.1) is 0 Å². The molecular formula is C58H68N2O14. The summed E-state index contributed by atoms with van der Waals surface area (Å²) in [7, 11) is 0. The van der Waals surface area contributed by atoms with E-state index in [1.54, 1.807) is 12.1 Å². The molecule has 5 aromatic carbocycles. The van der Waals surface area contributed by atoms with Crippen LogP contribution in [0.2, 0.25) is 0 Å². The van der Waals surface area contributed by atoms with Gasteiger partial charge >= 0.3 is 35.5 Å². The second-order valence-electron chi connectivity index (χ2n) is 17.4. The van der Waals surface area contributed by atoms with Gasteiger partial charge in [0.05, 0.1) is 47.0 Å². The predicted molar refractivity (Wildman–Crippen MR) is 282 cm³/mol. The number of nitrogen functional groups attached to an aromatic ring is 1. The van der Waals surface area contributed by atoms with Crippen LogP contribution in [-0.4, -0.2) is 64.8 Å². The minimum Gasteiger partial charge on any atom is -0.494 e. The summed E-state index contributed by atoms with van der Waals surface area (Å²) in [6.07, 6.45) is 19.8. The van der Waals surface area contributed by atoms with E-state index in [-0.39, 0.29) is 46.6 Å². The first-order valence-corrected chi connectivity index (χ1v) is 25.2. The van der Waals surface area contributed by atoms with Crippen molar-refractivity contribution in [2.75, 3.05) is 25.6 Å². The van der Waals surface area contributed by atoms with Gasteiger partial charge in [0.2, 0.25) is 0 Å². The van der Waals surface area contributed by atoms with Crippen LogP contribution in [0, 0.1) is 10.1 Å². The van der Waals surface area contributed by atoms with Crippen LogP contribution < -0.4 is 19.9 Å². The highest BCUT2D eigenvalue weighted by molar-refractivity contribution is 6.04. The number of esters is 3. The summed E-state index contributed by atoms with van der Waals surface area (Å²) in [6, 6.07) is 28.1. The van der Waals surface area contributed by atoms with E-state index in [1.165, 1.54) is 106 Å². The number of aromatic carboxylic acids is 2. The zero-order chi connectivity index (χ0) is 53.5. The largest absolute Gasteiger partial charge is 0.494 e. The number of carbonyl (C=O) groups excluding carboxylic acids is 3. The Kier molecular flexibility index (Phi) is 26.0. The zero-order valence-corrected chi connectivity index (χ0v) is 42.1. The maximum atomic E-state index is 12.8. The average molecular weight is 1020 g/mol. The maximum Gasteiger partial charge on any atom is 0.343 e. The normalized spacial score (nSPS) is 10.6. The van der Waals surface area contributed by atoms with Crippen molar-refractivity contribution in [3.63, 3.8) is 0 Å². The molecule has 16 nitrogen and oxygen atoms in total. The van der Waals surface area contributed by atoms with Crippen LogP contribution in [0.4, 0.5) is 11.4 Å². The van der Waals surface area contributed by atoms with Crippen LogP contribution in [0.1, 0.15) is 157 Å². The van der Waals surface area contributed by atoms with Gasteiger partial charge in [-0.3, -0.25) is 10.1 Å². The number of para-hydroxylation sites is 1. The third kappa shape index (κ3) is 21.0. The van der Waals surface area contributed by atoms with Gasteiger partial charge in [-0.25, -0.2) is 24.0 Å². The van der Waals surface area contributed by atoms with Crippen molar-refractivity contribution in [2.45, 2.75) is 116 Å². The van der Waals surface area contributed by atoms with Crippen molar-refractivity contribution in [1.29, 1.82) is 0 Å². The second-order valence-corrected chi connectivity index (χ2v) is 17.4. The van der Waals surface area contributed by atoms with Crippen molar-refractivity contribution in [1.82, 2.24) is 0 Å². The molecule has 0 bridgehead atoms. The number of nitrogens with two attached hydrogens (primary N) is 1. The molecule has 0 saturated carbocycles. The van der Waals surface area contributed by atoms with E-state index in [0.29, 0.717) is 29.9 Å². The summed E-state index contributed by atoms with van der Waals surface area (Å²) in [5, 5.41) is 30.3. The van der Waals surface area contributed by atoms with Crippen LogP contribution >= 0.6 is 0 Å². The lowest BCUT2D eigenvalue weighted by Crippen LogP contribution is -2.13. The number of nitro groups is 1. The first kappa shape index (κ1) is 58.6. The molecule has 0 aromatic heterocycles. The Balaban J connectivity index is 0.000000414. The number of nitrogens with zero attached hydrogens (tertiary/aromatic N) is 1. The molecule has 0 aliphatic heterocycles. The lowest BCUT2D eigenvalue weighted by atomic mass is 10.0. The molecular weight excluding hydrogens is 949 g/mol. The maximum absolute atomic E-state index is 12.8. The third-order valence-electron chi connectivity index (χ3n) is 11.7. The fourth-order valence-corrected chi connectivity index (χ4v) is 7.58. The fraction of sp³-hybridized carbons (Fsp3) is 0.362. The van der Waals surface area contributed by atoms with E-state index >= 15 is 0 Å². The van der Waals surface area contributed by atoms with E-state index in [9.17, 15) is 44.3 Å². The number of carbonyl (C=O) groups is 5. The lowest BCUT2D eigenvalue weighted by Gasteiger charge is -2.12. The van der Waals surface area contributed by atoms with Crippen LogP contribution in [0.15, 0.2) is 122 Å². The smallest absolute Gasteiger partial charge is 0.343 e. The Bertz CT molecular complexity index is 2580. The van der Waals surface area contributed by atoms with E-state index in [1.807, 2.05) is 30.3 Å². The number of ether oxygens (including phenoxy) is 5. The number of hydrogen-bond donors (Lipinski definition) is 3. The fourth-order valence-electron chi connectivity index (χ4n) is 7.58. The number of rotatable bonds is 32. The van der Waals surface area contributed by atoms with Gasteiger partial charge < -0.3 is 39.6 Å². The number of nitro benzene ring substituents is 1. The van der Waals surface area contributed by atoms with Crippen LogP contribution in [-0.2, 0) is 20.9 Å². The molecule has 0 spiro atoms. The van der Waals surface area contributed by atoms with E-state index in [0.717, 1.165) is 81.9 Å². The first-order valence-electron chi connectivity index (χ1n) is 25.2. The van der Waals surface area contributed by atoms with Gasteiger partial charge in [0.1, 0.15) is 18.1 Å². The molecule has 0 heterocycles. The Hall–Kier alpha value is -8.01. The van der Waals surface area contributed by atoms with Gasteiger partial charge in [-0.1, -0.05) is 139 Å². The molecule has 4 N–H and O–H groups in total. The molecule has 74 heavy (non-hydrogen) atoms. The minimum atomic E-state index is -1.42. The predicted octanol–water partition coefficient (Wildman–Crippen LogP) is 13.3. The molecule has 16 heteroatoms.